The largest absolute Gasteiger partial charge is 0.416 e. The molecule has 3 heterocycles. The minimum atomic E-state index is -4.54. The lowest BCUT2D eigenvalue weighted by Gasteiger charge is -2.28. The van der Waals surface area contributed by atoms with E-state index in [1.54, 1.807) is 30.5 Å². The van der Waals surface area contributed by atoms with Crippen LogP contribution in [0.2, 0.25) is 5.02 Å². The highest BCUT2D eigenvalue weighted by Crippen LogP contribution is 2.35. The van der Waals surface area contributed by atoms with Gasteiger partial charge in [-0.05, 0) is 73.0 Å². The number of hydrogen-bond acceptors (Lipinski definition) is 6. The van der Waals surface area contributed by atoms with E-state index < -0.39 is 11.7 Å². The Morgan fingerprint density at radius 3 is 2.77 bits per heavy atom. The van der Waals surface area contributed by atoms with Crippen molar-refractivity contribution in [2.75, 3.05) is 19.6 Å². The van der Waals surface area contributed by atoms with Gasteiger partial charge in [-0.15, -0.1) is 0 Å². The fourth-order valence-corrected chi connectivity index (χ4v) is 5.87. The second-order valence-electron chi connectivity index (χ2n) is 9.79. The van der Waals surface area contributed by atoms with Crippen LogP contribution >= 0.6 is 23.4 Å². The third-order valence-corrected chi connectivity index (χ3v) is 8.11. The molecule has 2 N–H and O–H groups in total. The van der Waals surface area contributed by atoms with Crippen molar-refractivity contribution in [1.29, 1.82) is 0 Å². The SMILES string of the molecule is CC1CCC(NCCN2C(=O)S/C(=C\c3ccc4c(cnn4Cc4ccc(Cl)cc4C(F)(F)F)c3)C2=O)CN1. The Balaban J connectivity index is 1.27. The number of halogens is 4. The van der Waals surface area contributed by atoms with Crippen LogP contribution in [-0.4, -0.2) is 57.5 Å². The molecule has 7 nitrogen and oxygen atoms in total. The van der Waals surface area contributed by atoms with Crippen molar-refractivity contribution >= 4 is 51.5 Å². The Bertz CT molecular complexity index is 1430. The second-order valence-corrected chi connectivity index (χ2v) is 11.2. The number of carbonyl (C=O) groups excluding carboxylic acids is 2. The van der Waals surface area contributed by atoms with Gasteiger partial charge in [-0.3, -0.25) is 19.2 Å². The van der Waals surface area contributed by atoms with Gasteiger partial charge in [0.05, 0.1) is 28.7 Å². The molecule has 39 heavy (non-hydrogen) atoms. The molecule has 2 aliphatic heterocycles. The van der Waals surface area contributed by atoms with Gasteiger partial charge in [0.25, 0.3) is 11.1 Å². The molecular weight excluding hydrogens is 551 g/mol. The summed E-state index contributed by atoms with van der Waals surface area (Å²) in [7, 11) is 0. The number of hydrogen-bond donors (Lipinski definition) is 2. The zero-order chi connectivity index (χ0) is 27.7. The molecule has 0 aliphatic carbocycles. The van der Waals surface area contributed by atoms with Crippen LogP contribution in [0, 0.1) is 0 Å². The van der Waals surface area contributed by atoms with Crippen LogP contribution in [0.4, 0.5) is 18.0 Å². The highest BCUT2D eigenvalue weighted by molar-refractivity contribution is 8.18. The maximum Gasteiger partial charge on any atom is 0.416 e. The number of nitrogens with zero attached hydrogens (tertiary/aromatic N) is 3. The number of fused-ring (bicyclic) bond motifs is 1. The maximum atomic E-state index is 13.5. The summed E-state index contributed by atoms with van der Waals surface area (Å²) in [6.45, 7) is 3.76. The number of imide groups is 1. The van der Waals surface area contributed by atoms with Crippen molar-refractivity contribution in [1.82, 2.24) is 25.3 Å². The first-order chi connectivity index (χ1) is 18.6. The Morgan fingerprint density at radius 2 is 2.03 bits per heavy atom. The Morgan fingerprint density at radius 1 is 1.21 bits per heavy atom. The Kier molecular flexibility index (Phi) is 8.04. The van der Waals surface area contributed by atoms with Crippen LogP contribution in [0.5, 0.6) is 0 Å². The van der Waals surface area contributed by atoms with Crippen molar-refractivity contribution in [3.05, 3.63) is 69.2 Å². The lowest BCUT2D eigenvalue weighted by Crippen LogP contribution is -2.48. The molecule has 2 amide bonds. The van der Waals surface area contributed by atoms with E-state index in [9.17, 15) is 22.8 Å². The van der Waals surface area contributed by atoms with Crippen molar-refractivity contribution in [2.24, 2.45) is 0 Å². The molecule has 0 saturated carbocycles. The number of aromatic nitrogens is 2. The fraction of sp³-hybridized carbons (Fsp3) is 0.370. The van der Waals surface area contributed by atoms with E-state index in [1.165, 1.54) is 21.7 Å². The second kappa shape index (κ2) is 11.3. The van der Waals surface area contributed by atoms with Crippen LogP contribution in [0.3, 0.4) is 0 Å². The molecule has 2 atom stereocenters. The predicted octanol–water partition coefficient (Wildman–Crippen LogP) is 5.52. The molecule has 206 valence electrons. The molecule has 2 aromatic carbocycles. The number of carbonyl (C=O) groups is 2. The number of nitrogens with one attached hydrogen (secondary N) is 2. The maximum absolute atomic E-state index is 13.5. The number of piperidine rings is 1. The van der Waals surface area contributed by atoms with Crippen molar-refractivity contribution in [2.45, 2.75) is 44.6 Å². The first kappa shape index (κ1) is 27.7. The highest BCUT2D eigenvalue weighted by Gasteiger charge is 2.35. The van der Waals surface area contributed by atoms with Gasteiger partial charge in [-0.2, -0.15) is 18.3 Å². The highest BCUT2D eigenvalue weighted by atomic mass is 35.5. The van der Waals surface area contributed by atoms with E-state index in [-0.39, 0.29) is 28.3 Å². The van der Waals surface area contributed by atoms with Crippen LogP contribution in [-0.2, 0) is 17.5 Å². The van der Waals surface area contributed by atoms with Gasteiger partial charge in [-0.25, -0.2) is 0 Å². The van der Waals surface area contributed by atoms with E-state index in [0.717, 1.165) is 37.2 Å². The summed E-state index contributed by atoms with van der Waals surface area (Å²) >= 11 is 6.69. The molecule has 0 bridgehead atoms. The van der Waals surface area contributed by atoms with E-state index in [4.69, 9.17) is 11.6 Å². The van der Waals surface area contributed by atoms with Gasteiger partial charge in [0, 0.05) is 42.1 Å². The average Bonchev–Trinajstić information content (AvgIpc) is 3.40. The number of thioether (sulfide) groups is 1. The standard InChI is InChI=1S/C27H27ClF3N5O2S/c1-16-2-6-21(14-33-16)32-8-9-35-25(37)24(39-26(35)38)11-17-3-7-23-19(10-17)13-34-36(23)15-18-4-5-20(28)12-22(18)27(29,30)31/h3-5,7,10-13,16,21,32-33H,2,6,8-9,14-15H2,1H3/b24-11-. The van der Waals surface area contributed by atoms with E-state index in [1.807, 2.05) is 0 Å². The number of amides is 2. The molecule has 2 fully saturated rings. The summed E-state index contributed by atoms with van der Waals surface area (Å²) in [6, 6.07) is 9.80. The van der Waals surface area contributed by atoms with Crippen molar-refractivity contribution < 1.29 is 22.8 Å². The zero-order valence-electron chi connectivity index (χ0n) is 21.1. The summed E-state index contributed by atoms with van der Waals surface area (Å²) in [5, 5.41) is 11.5. The normalized spacial score (nSPS) is 21.5. The summed E-state index contributed by atoms with van der Waals surface area (Å²) in [6.07, 6.45) is 0.816. The Labute approximate surface area is 232 Å². The van der Waals surface area contributed by atoms with Crippen LogP contribution < -0.4 is 10.6 Å². The number of alkyl halides is 3. The first-order valence-corrected chi connectivity index (χ1v) is 13.8. The molecule has 0 radical (unpaired) electrons. The Hall–Kier alpha value is -2.86. The van der Waals surface area contributed by atoms with Gasteiger partial charge < -0.3 is 10.6 Å². The molecule has 1 aromatic heterocycles. The van der Waals surface area contributed by atoms with Gasteiger partial charge in [-0.1, -0.05) is 23.7 Å². The first-order valence-electron chi connectivity index (χ1n) is 12.6. The lowest BCUT2D eigenvalue weighted by molar-refractivity contribution is -0.138. The van der Waals surface area contributed by atoms with E-state index >= 15 is 0 Å². The molecule has 3 aromatic rings. The topological polar surface area (TPSA) is 79.3 Å². The van der Waals surface area contributed by atoms with Gasteiger partial charge in [0.2, 0.25) is 0 Å². The predicted molar refractivity (Wildman–Crippen MR) is 146 cm³/mol. The van der Waals surface area contributed by atoms with Gasteiger partial charge in [0.1, 0.15) is 0 Å². The smallest absolute Gasteiger partial charge is 0.313 e. The van der Waals surface area contributed by atoms with E-state index in [2.05, 4.69) is 22.7 Å². The number of benzene rings is 2. The number of rotatable bonds is 7. The molecule has 12 heteroatoms. The monoisotopic (exact) mass is 577 g/mol. The molecule has 0 spiro atoms. The zero-order valence-corrected chi connectivity index (χ0v) is 22.7. The summed E-state index contributed by atoms with van der Waals surface area (Å²) in [5.41, 5.74) is 0.584. The van der Waals surface area contributed by atoms with Crippen LogP contribution in [0.25, 0.3) is 17.0 Å². The third kappa shape index (κ3) is 6.32. The lowest BCUT2D eigenvalue weighted by atomic mass is 10.0. The molecule has 2 saturated heterocycles. The van der Waals surface area contributed by atoms with Gasteiger partial charge in [0.15, 0.2) is 0 Å². The van der Waals surface area contributed by atoms with Gasteiger partial charge >= 0.3 is 6.18 Å². The fourth-order valence-electron chi connectivity index (χ4n) is 4.83. The molecule has 2 unspecified atom stereocenters. The minimum Gasteiger partial charge on any atom is -0.313 e. The summed E-state index contributed by atoms with van der Waals surface area (Å²) in [4.78, 5) is 27.0. The van der Waals surface area contributed by atoms with Crippen LogP contribution in [0.1, 0.15) is 36.5 Å². The van der Waals surface area contributed by atoms with E-state index in [0.29, 0.717) is 46.5 Å². The minimum absolute atomic E-state index is 0.0119. The van der Waals surface area contributed by atoms with Crippen LogP contribution in [0.15, 0.2) is 47.5 Å². The quantitative estimate of drug-likeness (QED) is 0.360. The van der Waals surface area contributed by atoms with Crippen molar-refractivity contribution in [3.8, 4) is 0 Å². The molecular formula is C27H27ClF3N5O2S. The summed E-state index contributed by atoms with van der Waals surface area (Å²) < 4.78 is 42.0. The molecule has 5 rings (SSSR count). The molecule has 2 aliphatic rings. The summed E-state index contributed by atoms with van der Waals surface area (Å²) in [5.74, 6) is -0.333. The van der Waals surface area contributed by atoms with Crippen molar-refractivity contribution in [3.63, 3.8) is 0 Å². The average molecular weight is 578 g/mol. The third-order valence-electron chi connectivity index (χ3n) is 6.96.